The first-order chi connectivity index (χ1) is 7.15. The summed E-state index contributed by atoms with van der Waals surface area (Å²) in [6.45, 7) is 0.930. The summed E-state index contributed by atoms with van der Waals surface area (Å²) < 4.78 is 0. The predicted octanol–water partition coefficient (Wildman–Crippen LogP) is 0.286. The predicted molar refractivity (Wildman–Crippen MR) is 58.5 cm³/mol. The molecule has 0 aliphatic carbocycles. The van der Waals surface area contributed by atoms with Crippen LogP contribution in [0.4, 0.5) is 0 Å². The van der Waals surface area contributed by atoms with Crippen LogP contribution in [-0.4, -0.2) is 46.5 Å². The average molecular weight is 227 g/mol. The number of likely N-dealkylation sites (tertiary alicyclic amines) is 1. The molecule has 1 aliphatic rings. The van der Waals surface area contributed by atoms with Crippen molar-refractivity contribution in [3.8, 4) is 12.3 Å². The fraction of sp³-hybridized carbons (Fsp3) is 0.600. The molecule has 0 saturated carbocycles. The number of amides is 1. The maximum atomic E-state index is 11.4. The normalized spacial score (nSPS) is 20.3. The molecule has 0 bridgehead atoms. The Labute approximate surface area is 93.0 Å². The molecule has 1 N–H and O–H groups in total. The zero-order valence-corrected chi connectivity index (χ0v) is 9.13. The van der Waals surface area contributed by atoms with Crippen molar-refractivity contribution in [2.75, 3.05) is 24.6 Å². The Morgan fingerprint density at radius 3 is 3.00 bits per heavy atom. The molecule has 1 unspecified atom stereocenters. The van der Waals surface area contributed by atoms with E-state index in [2.05, 4.69) is 5.92 Å². The van der Waals surface area contributed by atoms with Gasteiger partial charge in [0, 0.05) is 25.3 Å². The Hall–Kier alpha value is -1.15. The molecule has 1 aliphatic heterocycles. The Morgan fingerprint density at radius 2 is 2.47 bits per heavy atom. The molecule has 0 aromatic heterocycles. The Morgan fingerprint density at radius 1 is 1.73 bits per heavy atom. The number of carboxylic acid groups (broad SMARTS) is 1. The molecule has 1 fully saturated rings. The number of rotatable bonds is 5. The topological polar surface area (TPSA) is 57.6 Å². The van der Waals surface area contributed by atoms with E-state index in [-0.39, 0.29) is 12.3 Å². The second-order valence-corrected chi connectivity index (χ2v) is 4.44. The molecule has 15 heavy (non-hydrogen) atoms. The van der Waals surface area contributed by atoms with E-state index in [4.69, 9.17) is 11.5 Å². The lowest BCUT2D eigenvalue weighted by molar-refractivity contribution is -0.141. The first-order valence-corrected chi connectivity index (χ1v) is 5.82. The van der Waals surface area contributed by atoms with Crippen LogP contribution in [0.2, 0.25) is 0 Å². The number of hydrogen-bond donors (Lipinski definition) is 1. The van der Waals surface area contributed by atoms with Crippen molar-refractivity contribution in [1.29, 1.82) is 0 Å². The van der Waals surface area contributed by atoms with Gasteiger partial charge in [0.15, 0.2) is 0 Å². The third kappa shape index (κ3) is 3.48. The van der Waals surface area contributed by atoms with Gasteiger partial charge in [-0.05, 0) is 0 Å². The summed E-state index contributed by atoms with van der Waals surface area (Å²) in [5.41, 5.74) is 0. The van der Waals surface area contributed by atoms with Gasteiger partial charge < -0.3 is 10.0 Å². The smallest absolute Gasteiger partial charge is 0.308 e. The first-order valence-electron chi connectivity index (χ1n) is 4.67. The van der Waals surface area contributed by atoms with Gasteiger partial charge in [0.2, 0.25) is 5.91 Å². The number of carbonyl (C=O) groups excluding carboxylic acids is 1. The SMILES string of the molecule is C#CCSCCN1CC(C(=O)O)CC1=O. The summed E-state index contributed by atoms with van der Waals surface area (Å²) in [6.07, 6.45) is 5.22. The van der Waals surface area contributed by atoms with Gasteiger partial charge in [-0.15, -0.1) is 18.2 Å². The number of hydrogen-bond acceptors (Lipinski definition) is 3. The van der Waals surface area contributed by atoms with Crippen LogP contribution in [0.1, 0.15) is 6.42 Å². The highest BCUT2D eigenvalue weighted by atomic mass is 32.2. The summed E-state index contributed by atoms with van der Waals surface area (Å²) in [5, 5.41) is 8.75. The molecule has 1 atom stereocenters. The van der Waals surface area contributed by atoms with Crippen LogP contribution < -0.4 is 0 Å². The molecule has 1 amide bonds. The van der Waals surface area contributed by atoms with Crippen LogP contribution in [0.25, 0.3) is 0 Å². The third-order valence-electron chi connectivity index (χ3n) is 2.25. The summed E-state index contributed by atoms with van der Waals surface area (Å²) in [4.78, 5) is 23.6. The highest BCUT2D eigenvalue weighted by Gasteiger charge is 2.33. The van der Waals surface area contributed by atoms with Crippen molar-refractivity contribution >= 4 is 23.6 Å². The zero-order chi connectivity index (χ0) is 11.3. The molecule has 4 nitrogen and oxygen atoms in total. The minimum absolute atomic E-state index is 0.0660. The molecule has 0 radical (unpaired) electrons. The van der Waals surface area contributed by atoms with E-state index >= 15 is 0 Å². The molecule has 0 aromatic carbocycles. The second kappa shape index (κ2) is 5.66. The van der Waals surface area contributed by atoms with Crippen LogP contribution in [0.3, 0.4) is 0 Å². The Bertz CT molecular complexity index is 298. The maximum Gasteiger partial charge on any atom is 0.308 e. The van der Waals surface area contributed by atoms with E-state index in [1.807, 2.05) is 0 Å². The average Bonchev–Trinajstić information content (AvgIpc) is 2.55. The number of carbonyl (C=O) groups is 2. The lowest BCUT2D eigenvalue weighted by atomic mass is 10.1. The van der Waals surface area contributed by atoms with Crippen LogP contribution >= 0.6 is 11.8 Å². The van der Waals surface area contributed by atoms with E-state index in [9.17, 15) is 9.59 Å². The van der Waals surface area contributed by atoms with Crippen molar-refractivity contribution in [3.05, 3.63) is 0 Å². The Balaban J connectivity index is 2.29. The molecule has 1 saturated heterocycles. The number of thioether (sulfide) groups is 1. The molecular formula is C10H13NO3S. The van der Waals surface area contributed by atoms with Crippen molar-refractivity contribution in [3.63, 3.8) is 0 Å². The van der Waals surface area contributed by atoms with E-state index in [1.54, 1.807) is 16.7 Å². The van der Waals surface area contributed by atoms with Crippen molar-refractivity contribution < 1.29 is 14.7 Å². The highest BCUT2D eigenvalue weighted by Crippen LogP contribution is 2.18. The van der Waals surface area contributed by atoms with Gasteiger partial charge in [-0.25, -0.2) is 0 Å². The standard InChI is InChI=1S/C10H13NO3S/c1-2-4-15-5-3-11-7-8(10(13)14)6-9(11)12/h1,8H,3-7H2,(H,13,14). The zero-order valence-electron chi connectivity index (χ0n) is 8.31. The molecule has 1 rings (SSSR count). The van der Waals surface area contributed by atoms with E-state index in [0.29, 0.717) is 18.8 Å². The largest absolute Gasteiger partial charge is 0.481 e. The fourth-order valence-corrected chi connectivity index (χ4v) is 2.07. The van der Waals surface area contributed by atoms with Gasteiger partial charge >= 0.3 is 5.97 Å². The molecule has 0 spiro atoms. The van der Waals surface area contributed by atoms with Gasteiger partial charge in [-0.1, -0.05) is 5.92 Å². The van der Waals surface area contributed by atoms with Crippen LogP contribution in [-0.2, 0) is 9.59 Å². The van der Waals surface area contributed by atoms with Crippen LogP contribution in [0.15, 0.2) is 0 Å². The molecule has 5 heteroatoms. The number of nitrogens with zero attached hydrogens (tertiary/aromatic N) is 1. The lowest BCUT2D eigenvalue weighted by Crippen LogP contribution is -2.28. The minimum atomic E-state index is -0.887. The van der Waals surface area contributed by atoms with Crippen LogP contribution in [0, 0.1) is 18.3 Å². The van der Waals surface area contributed by atoms with Crippen LogP contribution in [0.5, 0.6) is 0 Å². The van der Waals surface area contributed by atoms with Gasteiger partial charge in [-0.2, -0.15) is 0 Å². The van der Waals surface area contributed by atoms with Gasteiger partial charge in [0.25, 0.3) is 0 Å². The van der Waals surface area contributed by atoms with Gasteiger partial charge in [0.05, 0.1) is 11.7 Å². The summed E-state index contributed by atoms with van der Waals surface area (Å²) in [5.74, 6) is 2.41. The molecule has 82 valence electrons. The van der Waals surface area contributed by atoms with Crippen molar-refractivity contribution in [1.82, 2.24) is 4.90 Å². The quantitative estimate of drug-likeness (QED) is 0.541. The lowest BCUT2D eigenvalue weighted by Gasteiger charge is -2.14. The molecular weight excluding hydrogens is 214 g/mol. The number of terminal acetylenes is 1. The van der Waals surface area contributed by atoms with E-state index in [1.165, 1.54) is 0 Å². The molecule has 0 aromatic rings. The Kier molecular flexibility index (Phi) is 4.50. The molecule has 1 heterocycles. The van der Waals surface area contributed by atoms with E-state index in [0.717, 1.165) is 5.75 Å². The number of carboxylic acids is 1. The summed E-state index contributed by atoms with van der Waals surface area (Å²) in [7, 11) is 0. The van der Waals surface area contributed by atoms with Crippen molar-refractivity contribution in [2.45, 2.75) is 6.42 Å². The number of aliphatic carboxylic acids is 1. The monoisotopic (exact) mass is 227 g/mol. The first kappa shape index (κ1) is 11.9. The second-order valence-electron chi connectivity index (χ2n) is 3.34. The maximum absolute atomic E-state index is 11.4. The van der Waals surface area contributed by atoms with Crippen molar-refractivity contribution in [2.24, 2.45) is 5.92 Å². The fourth-order valence-electron chi connectivity index (χ4n) is 1.46. The van der Waals surface area contributed by atoms with Gasteiger partial charge in [-0.3, -0.25) is 9.59 Å². The third-order valence-corrected chi connectivity index (χ3v) is 3.10. The van der Waals surface area contributed by atoms with Gasteiger partial charge in [0.1, 0.15) is 0 Å². The minimum Gasteiger partial charge on any atom is -0.481 e. The van der Waals surface area contributed by atoms with E-state index < -0.39 is 11.9 Å². The summed E-state index contributed by atoms with van der Waals surface area (Å²) in [6, 6.07) is 0. The summed E-state index contributed by atoms with van der Waals surface area (Å²) >= 11 is 1.57. The highest BCUT2D eigenvalue weighted by molar-refractivity contribution is 7.99.